The van der Waals surface area contributed by atoms with Gasteiger partial charge in [-0.15, -0.1) is 0 Å². The molecule has 96 valence electrons. The Kier molecular flexibility index (Phi) is 3.34. The van der Waals surface area contributed by atoms with Crippen LogP contribution in [0.15, 0.2) is 0 Å². The zero-order chi connectivity index (χ0) is 11.7. The first-order valence-electron chi connectivity index (χ1n) is 6.99. The van der Waals surface area contributed by atoms with E-state index in [1.54, 1.807) is 0 Å². The second kappa shape index (κ2) is 4.94. The Labute approximate surface area is 102 Å². The van der Waals surface area contributed by atoms with Crippen molar-refractivity contribution in [3.05, 3.63) is 0 Å². The summed E-state index contributed by atoms with van der Waals surface area (Å²) in [5, 5.41) is 6.78. The van der Waals surface area contributed by atoms with Gasteiger partial charge in [-0.2, -0.15) is 0 Å². The number of nitrogens with one attached hydrogen (secondary N) is 2. The van der Waals surface area contributed by atoms with Gasteiger partial charge in [-0.1, -0.05) is 0 Å². The van der Waals surface area contributed by atoms with E-state index in [4.69, 9.17) is 4.74 Å². The molecule has 4 heteroatoms. The van der Waals surface area contributed by atoms with Crippen LogP contribution in [-0.2, 0) is 9.53 Å². The zero-order valence-electron chi connectivity index (χ0n) is 10.3. The molecule has 0 saturated carbocycles. The van der Waals surface area contributed by atoms with Crippen LogP contribution in [0, 0.1) is 0 Å². The Hall–Kier alpha value is -0.610. The molecule has 3 atom stereocenters. The van der Waals surface area contributed by atoms with Gasteiger partial charge < -0.3 is 15.4 Å². The Morgan fingerprint density at radius 3 is 2.53 bits per heavy atom. The Morgan fingerprint density at radius 2 is 1.88 bits per heavy atom. The van der Waals surface area contributed by atoms with Gasteiger partial charge in [0, 0.05) is 24.7 Å². The fourth-order valence-corrected chi connectivity index (χ4v) is 3.42. The number of rotatable bonds is 2. The number of amides is 1. The minimum Gasteiger partial charge on any atom is -0.368 e. The van der Waals surface area contributed by atoms with Gasteiger partial charge >= 0.3 is 0 Å². The number of carbonyl (C=O) groups is 1. The van der Waals surface area contributed by atoms with Crippen molar-refractivity contribution >= 4 is 5.91 Å². The minimum absolute atomic E-state index is 0.121. The minimum atomic E-state index is -0.184. The maximum absolute atomic E-state index is 12.0. The molecule has 17 heavy (non-hydrogen) atoms. The van der Waals surface area contributed by atoms with Crippen LogP contribution in [0.25, 0.3) is 0 Å². The summed E-state index contributed by atoms with van der Waals surface area (Å²) in [6.07, 6.45) is 7.66. The number of piperidine rings is 1. The van der Waals surface area contributed by atoms with Gasteiger partial charge in [-0.3, -0.25) is 4.79 Å². The lowest BCUT2D eigenvalue weighted by Crippen LogP contribution is -2.50. The third kappa shape index (κ3) is 2.63. The first kappa shape index (κ1) is 11.5. The van der Waals surface area contributed by atoms with Crippen LogP contribution in [0.3, 0.4) is 0 Å². The average Bonchev–Trinajstić information content (AvgIpc) is 2.70. The van der Waals surface area contributed by atoms with Crippen molar-refractivity contribution in [1.82, 2.24) is 10.6 Å². The summed E-state index contributed by atoms with van der Waals surface area (Å²) in [5.74, 6) is 0.121. The SMILES string of the molecule is O=C(NC1CC2CCC(C1)N2)C1CCCCO1. The first-order valence-corrected chi connectivity index (χ1v) is 6.99. The molecular weight excluding hydrogens is 216 g/mol. The average molecular weight is 238 g/mol. The van der Waals surface area contributed by atoms with E-state index in [-0.39, 0.29) is 12.0 Å². The number of carbonyl (C=O) groups excluding carboxylic acids is 1. The Balaban J connectivity index is 1.50. The van der Waals surface area contributed by atoms with E-state index in [9.17, 15) is 4.79 Å². The van der Waals surface area contributed by atoms with E-state index in [1.165, 1.54) is 12.8 Å². The summed E-state index contributed by atoms with van der Waals surface area (Å²) >= 11 is 0. The topological polar surface area (TPSA) is 50.4 Å². The first-order chi connectivity index (χ1) is 8.31. The maximum Gasteiger partial charge on any atom is 0.249 e. The predicted molar refractivity (Wildman–Crippen MR) is 64.7 cm³/mol. The lowest BCUT2D eigenvalue weighted by Gasteiger charge is -2.31. The number of hydrogen-bond acceptors (Lipinski definition) is 3. The molecule has 2 N–H and O–H groups in total. The molecule has 0 aromatic heterocycles. The molecule has 0 aromatic carbocycles. The third-order valence-corrected chi connectivity index (χ3v) is 4.29. The van der Waals surface area contributed by atoms with Crippen molar-refractivity contribution in [2.45, 2.75) is 69.2 Å². The molecule has 2 bridgehead atoms. The molecule has 3 rings (SSSR count). The van der Waals surface area contributed by atoms with E-state index < -0.39 is 0 Å². The molecule has 3 unspecified atom stereocenters. The van der Waals surface area contributed by atoms with Crippen LogP contribution in [0.2, 0.25) is 0 Å². The molecule has 0 spiro atoms. The Morgan fingerprint density at radius 1 is 1.12 bits per heavy atom. The van der Waals surface area contributed by atoms with E-state index in [0.29, 0.717) is 18.1 Å². The van der Waals surface area contributed by atoms with Crippen molar-refractivity contribution in [1.29, 1.82) is 0 Å². The van der Waals surface area contributed by atoms with Crippen molar-refractivity contribution < 1.29 is 9.53 Å². The second-order valence-corrected chi connectivity index (χ2v) is 5.67. The molecule has 1 amide bonds. The molecule has 3 fully saturated rings. The van der Waals surface area contributed by atoms with E-state index in [0.717, 1.165) is 38.7 Å². The molecule has 0 aromatic rings. The van der Waals surface area contributed by atoms with E-state index >= 15 is 0 Å². The maximum atomic E-state index is 12.0. The summed E-state index contributed by atoms with van der Waals surface area (Å²) in [4.78, 5) is 12.0. The van der Waals surface area contributed by atoms with Crippen LogP contribution in [0.1, 0.15) is 44.9 Å². The highest BCUT2D eigenvalue weighted by Gasteiger charge is 2.35. The van der Waals surface area contributed by atoms with Crippen LogP contribution in [0.4, 0.5) is 0 Å². The van der Waals surface area contributed by atoms with Gasteiger partial charge in [0.05, 0.1) is 0 Å². The van der Waals surface area contributed by atoms with Crippen LogP contribution >= 0.6 is 0 Å². The van der Waals surface area contributed by atoms with Gasteiger partial charge in [-0.25, -0.2) is 0 Å². The molecule has 3 heterocycles. The lowest BCUT2D eigenvalue weighted by molar-refractivity contribution is -0.136. The van der Waals surface area contributed by atoms with Gasteiger partial charge in [0.15, 0.2) is 0 Å². The molecule has 3 aliphatic rings. The van der Waals surface area contributed by atoms with E-state index in [2.05, 4.69) is 10.6 Å². The number of ether oxygens (including phenoxy) is 1. The van der Waals surface area contributed by atoms with E-state index in [1.807, 2.05) is 0 Å². The predicted octanol–water partition coefficient (Wildman–Crippen LogP) is 0.955. The highest BCUT2D eigenvalue weighted by Crippen LogP contribution is 2.27. The molecule has 0 aliphatic carbocycles. The normalized spacial score (nSPS) is 41.2. The van der Waals surface area contributed by atoms with Crippen LogP contribution < -0.4 is 10.6 Å². The van der Waals surface area contributed by atoms with Gasteiger partial charge in [0.25, 0.3) is 0 Å². The summed E-state index contributed by atoms with van der Waals surface area (Å²) in [6, 6.07) is 1.63. The highest BCUT2D eigenvalue weighted by atomic mass is 16.5. The highest BCUT2D eigenvalue weighted by molar-refractivity contribution is 5.81. The van der Waals surface area contributed by atoms with Crippen molar-refractivity contribution in [2.75, 3.05) is 6.61 Å². The fourth-order valence-electron chi connectivity index (χ4n) is 3.42. The molecular formula is C13H22N2O2. The van der Waals surface area contributed by atoms with Gasteiger partial charge in [0.1, 0.15) is 6.10 Å². The quantitative estimate of drug-likeness (QED) is 0.753. The number of fused-ring (bicyclic) bond motifs is 2. The smallest absolute Gasteiger partial charge is 0.249 e. The molecule has 4 nitrogen and oxygen atoms in total. The molecule has 3 saturated heterocycles. The van der Waals surface area contributed by atoms with Crippen molar-refractivity contribution in [2.24, 2.45) is 0 Å². The number of hydrogen-bond donors (Lipinski definition) is 2. The largest absolute Gasteiger partial charge is 0.368 e. The Bertz CT molecular complexity index is 277. The summed E-state index contributed by atoms with van der Waals surface area (Å²) in [5.41, 5.74) is 0. The van der Waals surface area contributed by atoms with Crippen LogP contribution in [-0.4, -0.2) is 36.7 Å². The van der Waals surface area contributed by atoms with Crippen molar-refractivity contribution in [3.63, 3.8) is 0 Å². The summed E-state index contributed by atoms with van der Waals surface area (Å²) in [7, 11) is 0. The fraction of sp³-hybridized carbons (Fsp3) is 0.923. The molecule has 0 radical (unpaired) electrons. The summed E-state index contributed by atoms with van der Waals surface area (Å²) < 4.78 is 5.52. The lowest BCUT2D eigenvalue weighted by atomic mass is 9.99. The second-order valence-electron chi connectivity index (χ2n) is 5.67. The monoisotopic (exact) mass is 238 g/mol. The van der Waals surface area contributed by atoms with Crippen molar-refractivity contribution in [3.8, 4) is 0 Å². The van der Waals surface area contributed by atoms with Gasteiger partial charge in [0.2, 0.25) is 5.91 Å². The third-order valence-electron chi connectivity index (χ3n) is 4.29. The molecule has 3 aliphatic heterocycles. The standard InChI is InChI=1S/C13H22N2O2/c16-13(12-3-1-2-6-17-12)15-11-7-9-4-5-10(8-11)14-9/h9-12,14H,1-8H2,(H,15,16). The van der Waals surface area contributed by atoms with Crippen LogP contribution in [0.5, 0.6) is 0 Å². The zero-order valence-corrected chi connectivity index (χ0v) is 10.3. The van der Waals surface area contributed by atoms with Gasteiger partial charge in [-0.05, 0) is 44.9 Å². The summed E-state index contributed by atoms with van der Waals surface area (Å²) in [6.45, 7) is 0.746.